The van der Waals surface area contributed by atoms with Crippen LogP contribution in [0, 0.1) is 0 Å². The third-order valence-corrected chi connectivity index (χ3v) is 2.54. The topological polar surface area (TPSA) is 103 Å². The number of anilines is 2. The highest BCUT2D eigenvalue weighted by atomic mass is 16.5. The molecule has 1 aromatic rings. The lowest BCUT2D eigenvalue weighted by molar-refractivity contribution is -0.119. The average molecular weight is 281 g/mol. The Hall–Kier alpha value is -2.28. The summed E-state index contributed by atoms with van der Waals surface area (Å²) >= 11 is 0. The lowest BCUT2D eigenvalue weighted by Crippen LogP contribution is -2.32. The lowest BCUT2D eigenvalue weighted by atomic mass is 10.1. The first kappa shape index (κ1) is 15.8. The van der Waals surface area contributed by atoms with Gasteiger partial charge in [-0.3, -0.25) is 4.79 Å². The first-order chi connectivity index (χ1) is 9.58. The van der Waals surface area contributed by atoms with Crippen LogP contribution in [0.5, 0.6) is 0 Å². The number of esters is 1. The molecule has 0 heterocycles. The van der Waals surface area contributed by atoms with Gasteiger partial charge < -0.3 is 25.8 Å². The minimum atomic E-state index is -0.518. The molecule has 0 fully saturated rings. The van der Waals surface area contributed by atoms with E-state index in [1.54, 1.807) is 25.3 Å². The molecule has 1 rings (SSSR count). The lowest BCUT2D eigenvalue weighted by Gasteiger charge is -2.10. The summed E-state index contributed by atoms with van der Waals surface area (Å²) < 4.78 is 9.45. The van der Waals surface area contributed by atoms with Crippen molar-refractivity contribution in [3.63, 3.8) is 0 Å². The number of nitrogen functional groups attached to an aromatic ring is 1. The molecular weight excluding hydrogens is 262 g/mol. The van der Waals surface area contributed by atoms with Gasteiger partial charge in [0.05, 0.1) is 25.8 Å². The van der Waals surface area contributed by atoms with E-state index in [1.165, 1.54) is 7.11 Å². The SMILES string of the molecule is COCCNC(=O)CNc1ccc(N)c(C(=O)OC)c1. The first-order valence-corrected chi connectivity index (χ1v) is 6.05. The maximum atomic E-state index is 11.5. The Morgan fingerprint density at radius 2 is 2.05 bits per heavy atom. The fourth-order valence-electron chi connectivity index (χ4n) is 1.49. The normalized spacial score (nSPS) is 9.90. The van der Waals surface area contributed by atoms with Gasteiger partial charge in [-0.2, -0.15) is 0 Å². The van der Waals surface area contributed by atoms with Crippen molar-refractivity contribution in [2.75, 3.05) is 45.0 Å². The number of benzene rings is 1. The molecule has 110 valence electrons. The van der Waals surface area contributed by atoms with Crippen LogP contribution in [0.1, 0.15) is 10.4 Å². The van der Waals surface area contributed by atoms with Crippen LogP contribution in [0.25, 0.3) is 0 Å². The van der Waals surface area contributed by atoms with Gasteiger partial charge in [-0.1, -0.05) is 0 Å². The Kier molecular flexibility index (Phi) is 6.31. The molecule has 0 radical (unpaired) electrons. The largest absolute Gasteiger partial charge is 0.465 e. The molecule has 0 atom stereocenters. The number of ether oxygens (including phenoxy) is 2. The third kappa shape index (κ3) is 4.77. The highest BCUT2D eigenvalue weighted by Gasteiger charge is 2.11. The molecule has 0 aliphatic rings. The Morgan fingerprint density at radius 1 is 1.30 bits per heavy atom. The molecule has 0 aliphatic carbocycles. The molecule has 0 saturated carbocycles. The molecule has 0 spiro atoms. The van der Waals surface area contributed by atoms with Crippen LogP contribution in [0.3, 0.4) is 0 Å². The van der Waals surface area contributed by atoms with Crippen LogP contribution < -0.4 is 16.4 Å². The molecule has 20 heavy (non-hydrogen) atoms. The summed E-state index contributed by atoms with van der Waals surface area (Å²) in [7, 11) is 2.85. The predicted molar refractivity (Wildman–Crippen MR) is 75.6 cm³/mol. The van der Waals surface area contributed by atoms with Gasteiger partial charge in [-0.25, -0.2) is 4.79 Å². The Bertz CT molecular complexity index is 477. The minimum absolute atomic E-state index is 0.0915. The number of methoxy groups -OCH3 is 2. The van der Waals surface area contributed by atoms with E-state index in [2.05, 4.69) is 15.4 Å². The zero-order chi connectivity index (χ0) is 15.0. The maximum Gasteiger partial charge on any atom is 0.340 e. The van der Waals surface area contributed by atoms with E-state index >= 15 is 0 Å². The monoisotopic (exact) mass is 281 g/mol. The van der Waals surface area contributed by atoms with Crippen molar-refractivity contribution in [3.8, 4) is 0 Å². The second kappa shape index (κ2) is 8.00. The van der Waals surface area contributed by atoms with Gasteiger partial charge in [0.2, 0.25) is 5.91 Å². The fraction of sp³-hybridized carbons (Fsp3) is 0.385. The van der Waals surface area contributed by atoms with Crippen LogP contribution >= 0.6 is 0 Å². The van der Waals surface area contributed by atoms with Crippen molar-refractivity contribution in [1.29, 1.82) is 0 Å². The van der Waals surface area contributed by atoms with E-state index < -0.39 is 5.97 Å². The molecular formula is C13H19N3O4. The smallest absolute Gasteiger partial charge is 0.340 e. The van der Waals surface area contributed by atoms with E-state index in [4.69, 9.17) is 10.5 Å². The second-order valence-corrected chi connectivity index (χ2v) is 3.99. The van der Waals surface area contributed by atoms with E-state index in [0.29, 0.717) is 24.5 Å². The molecule has 0 unspecified atom stereocenters. The number of hydrogen-bond donors (Lipinski definition) is 3. The van der Waals surface area contributed by atoms with Crippen LogP contribution in [-0.2, 0) is 14.3 Å². The summed E-state index contributed by atoms with van der Waals surface area (Å²) in [4.78, 5) is 23.0. The molecule has 1 aromatic carbocycles. The number of nitrogens with one attached hydrogen (secondary N) is 2. The van der Waals surface area contributed by atoms with Crippen molar-refractivity contribution in [2.45, 2.75) is 0 Å². The van der Waals surface area contributed by atoms with Crippen LogP contribution in [-0.4, -0.2) is 45.8 Å². The number of nitrogens with two attached hydrogens (primary N) is 1. The Labute approximate surface area is 117 Å². The number of amides is 1. The Morgan fingerprint density at radius 3 is 2.70 bits per heavy atom. The number of carbonyl (C=O) groups is 2. The summed E-state index contributed by atoms with van der Waals surface area (Å²) in [6.07, 6.45) is 0. The molecule has 0 bridgehead atoms. The quantitative estimate of drug-likeness (QED) is 0.375. The predicted octanol–water partition coefficient (Wildman–Crippen LogP) is 0.230. The van der Waals surface area contributed by atoms with E-state index in [9.17, 15) is 9.59 Å². The molecule has 0 aromatic heterocycles. The van der Waals surface area contributed by atoms with Gasteiger partial charge in [-0.15, -0.1) is 0 Å². The zero-order valence-corrected chi connectivity index (χ0v) is 11.6. The van der Waals surface area contributed by atoms with E-state index in [-0.39, 0.29) is 18.0 Å². The van der Waals surface area contributed by atoms with Gasteiger partial charge >= 0.3 is 5.97 Å². The third-order valence-electron chi connectivity index (χ3n) is 2.54. The molecule has 0 saturated heterocycles. The van der Waals surface area contributed by atoms with Crippen LogP contribution in [0.4, 0.5) is 11.4 Å². The summed E-state index contributed by atoms with van der Waals surface area (Å²) in [5.41, 5.74) is 6.88. The number of rotatable bonds is 7. The summed E-state index contributed by atoms with van der Waals surface area (Å²) in [6, 6.07) is 4.81. The van der Waals surface area contributed by atoms with Gasteiger partial charge in [0, 0.05) is 25.0 Å². The summed E-state index contributed by atoms with van der Waals surface area (Å²) in [5.74, 6) is -0.686. The summed E-state index contributed by atoms with van der Waals surface area (Å²) in [6.45, 7) is 1.00. The fourth-order valence-corrected chi connectivity index (χ4v) is 1.49. The van der Waals surface area contributed by atoms with Gasteiger partial charge in [0.15, 0.2) is 0 Å². The molecule has 0 aliphatic heterocycles. The van der Waals surface area contributed by atoms with Gasteiger partial charge in [0.25, 0.3) is 0 Å². The number of hydrogen-bond acceptors (Lipinski definition) is 6. The number of carbonyl (C=O) groups excluding carboxylic acids is 2. The van der Waals surface area contributed by atoms with Gasteiger partial charge in [-0.05, 0) is 18.2 Å². The summed E-state index contributed by atoms with van der Waals surface area (Å²) in [5, 5.41) is 5.57. The molecule has 7 heteroatoms. The highest BCUT2D eigenvalue weighted by Crippen LogP contribution is 2.18. The molecule has 4 N–H and O–H groups in total. The van der Waals surface area contributed by atoms with Crippen LogP contribution in [0.15, 0.2) is 18.2 Å². The van der Waals surface area contributed by atoms with Crippen molar-refractivity contribution in [3.05, 3.63) is 23.8 Å². The molecule has 1 amide bonds. The van der Waals surface area contributed by atoms with Crippen LogP contribution in [0.2, 0.25) is 0 Å². The van der Waals surface area contributed by atoms with Crippen molar-refractivity contribution in [2.24, 2.45) is 0 Å². The average Bonchev–Trinajstić information content (AvgIpc) is 2.46. The minimum Gasteiger partial charge on any atom is -0.465 e. The van der Waals surface area contributed by atoms with Crippen molar-refractivity contribution < 1.29 is 19.1 Å². The van der Waals surface area contributed by atoms with E-state index in [0.717, 1.165) is 0 Å². The van der Waals surface area contributed by atoms with Gasteiger partial charge in [0.1, 0.15) is 0 Å². The van der Waals surface area contributed by atoms with E-state index in [1.807, 2.05) is 0 Å². The maximum absolute atomic E-state index is 11.5. The second-order valence-electron chi connectivity index (χ2n) is 3.99. The van der Waals surface area contributed by atoms with Crippen molar-refractivity contribution in [1.82, 2.24) is 5.32 Å². The zero-order valence-electron chi connectivity index (χ0n) is 11.6. The first-order valence-electron chi connectivity index (χ1n) is 6.05. The Balaban J connectivity index is 2.56. The standard InChI is InChI=1S/C13H19N3O4/c1-19-6-5-15-12(17)8-16-9-3-4-11(14)10(7-9)13(18)20-2/h3-4,7,16H,5-6,8,14H2,1-2H3,(H,15,17). The molecule has 7 nitrogen and oxygen atoms in total. The highest BCUT2D eigenvalue weighted by molar-refractivity contribution is 5.96. The van der Waals surface area contributed by atoms with Crippen molar-refractivity contribution >= 4 is 23.3 Å².